The van der Waals surface area contributed by atoms with E-state index in [2.05, 4.69) is 9.97 Å². The third-order valence-corrected chi connectivity index (χ3v) is 3.45. The molecule has 0 saturated carbocycles. The first-order valence-corrected chi connectivity index (χ1v) is 6.71. The van der Waals surface area contributed by atoms with Crippen LogP contribution in [0.4, 0.5) is 4.39 Å². The van der Waals surface area contributed by atoms with Gasteiger partial charge in [-0.25, -0.2) is 14.4 Å². The number of carboxylic acid groups (broad SMARTS) is 1. The third kappa shape index (κ3) is 3.42. The molecule has 110 valence electrons. The quantitative estimate of drug-likeness (QED) is 0.938. The van der Waals surface area contributed by atoms with Crippen LogP contribution in [0.25, 0.3) is 11.4 Å². The van der Waals surface area contributed by atoms with Gasteiger partial charge in [0, 0.05) is 17.0 Å². The number of aliphatic carboxylic acids is 1. The summed E-state index contributed by atoms with van der Waals surface area (Å²) in [6, 6.07) is 5.99. The molecule has 4 nitrogen and oxygen atoms in total. The maximum absolute atomic E-state index is 12.9. The fourth-order valence-corrected chi connectivity index (χ4v) is 2.16. The number of halogens is 1. The van der Waals surface area contributed by atoms with Crippen molar-refractivity contribution in [3.05, 3.63) is 47.0 Å². The summed E-state index contributed by atoms with van der Waals surface area (Å²) >= 11 is 0. The van der Waals surface area contributed by atoms with E-state index in [9.17, 15) is 9.18 Å². The molecular formula is C16H17FN2O2. The monoisotopic (exact) mass is 288 g/mol. The van der Waals surface area contributed by atoms with E-state index in [-0.39, 0.29) is 5.82 Å². The summed E-state index contributed by atoms with van der Waals surface area (Å²) in [4.78, 5) is 19.8. The number of hydrogen-bond donors (Lipinski definition) is 1. The molecule has 1 unspecified atom stereocenters. The van der Waals surface area contributed by atoms with Gasteiger partial charge < -0.3 is 5.11 Å². The average Bonchev–Trinajstić information content (AvgIpc) is 2.43. The summed E-state index contributed by atoms with van der Waals surface area (Å²) in [5.74, 6) is -1.10. The summed E-state index contributed by atoms with van der Waals surface area (Å²) < 4.78 is 12.9. The van der Waals surface area contributed by atoms with E-state index >= 15 is 0 Å². The SMILES string of the molecule is Cc1nc(-c2ccc(F)cc2)nc(C)c1CC(C)C(=O)O. The standard InChI is InChI=1S/C16H17FN2O2/c1-9(16(20)21)8-14-10(2)18-15(19-11(14)3)12-4-6-13(17)7-5-12/h4-7,9H,8H2,1-3H3,(H,20,21). The number of aromatic nitrogens is 2. The molecule has 5 heteroatoms. The van der Waals surface area contributed by atoms with Crippen LogP contribution in [-0.2, 0) is 11.2 Å². The molecule has 2 aromatic rings. The molecule has 0 saturated heterocycles. The van der Waals surface area contributed by atoms with Crippen LogP contribution in [0.2, 0.25) is 0 Å². The van der Waals surface area contributed by atoms with Gasteiger partial charge in [-0.1, -0.05) is 6.92 Å². The third-order valence-electron chi connectivity index (χ3n) is 3.45. The Balaban J connectivity index is 2.37. The highest BCUT2D eigenvalue weighted by Gasteiger charge is 2.17. The molecule has 0 aliphatic carbocycles. The predicted molar refractivity (Wildman–Crippen MR) is 77.4 cm³/mol. The number of carbonyl (C=O) groups is 1. The zero-order valence-corrected chi connectivity index (χ0v) is 12.2. The van der Waals surface area contributed by atoms with Crippen LogP contribution < -0.4 is 0 Å². The van der Waals surface area contributed by atoms with Crippen LogP contribution >= 0.6 is 0 Å². The minimum absolute atomic E-state index is 0.306. The van der Waals surface area contributed by atoms with Gasteiger partial charge in [-0.3, -0.25) is 4.79 Å². The zero-order chi connectivity index (χ0) is 15.6. The van der Waals surface area contributed by atoms with Crippen molar-refractivity contribution in [1.29, 1.82) is 0 Å². The minimum atomic E-state index is -0.837. The molecule has 0 fully saturated rings. The first-order chi connectivity index (χ1) is 9.88. The Bertz CT molecular complexity index is 645. The van der Waals surface area contributed by atoms with E-state index in [1.807, 2.05) is 13.8 Å². The Morgan fingerprint density at radius 2 is 1.71 bits per heavy atom. The van der Waals surface area contributed by atoms with Crippen LogP contribution in [0.5, 0.6) is 0 Å². The fraction of sp³-hybridized carbons (Fsp3) is 0.312. The molecule has 1 heterocycles. The highest BCUT2D eigenvalue weighted by atomic mass is 19.1. The molecule has 0 bridgehead atoms. The molecule has 0 spiro atoms. The Morgan fingerprint density at radius 3 is 2.19 bits per heavy atom. The van der Waals surface area contributed by atoms with Gasteiger partial charge in [0.05, 0.1) is 5.92 Å². The summed E-state index contributed by atoms with van der Waals surface area (Å²) in [6.07, 6.45) is 0.400. The molecule has 2 rings (SSSR count). The fourth-order valence-electron chi connectivity index (χ4n) is 2.16. The van der Waals surface area contributed by atoms with Gasteiger partial charge in [-0.2, -0.15) is 0 Å². The molecule has 1 aromatic carbocycles. The normalized spacial score (nSPS) is 12.2. The maximum atomic E-state index is 12.9. The molecule has 1 N–H and O–H groups in total. The average molecular weight is 288 g/mol. The first kappa shape index (κ1) is 15.1. The second-order valence-corrected chi connectivity index (χ2v) is 5.15. The van der Waals surface area contributed by atoms with Crippen molar-refractivity contribution in [2.45, 2.75) is 27.2 Å². The first-order valence-electron chi connectivity index (χ1n) is 6.71. The second kappa shape index (κ2) is 5.99. The van der Waals surface area contributed by atoms with E-state index in [0.29, 0.717) is 12.2 Å². The second-order valence-electron chi connectivity index (χ2n) is 5.15. The molecule has 21 heavy (non-hydrogen) atoms. The van der Waals surface area contributed by atoms with Gasteiger partial charge in [0.2, 0.25) is 0 Å². The van der Waals surface area contributed by atoms with Gasteiger partial charge in [0.15, 0.2) is 5.82 Å². The number of aryl methyl sites for hydroxylation is 2. The lowest BCUT2D eigenvalue weighted by Gasteiger charge is -2.13. The van der Waals surface area contributed by atoms with Gasteiger partial charge >= 0.3 is 5.97 Å². The lowest BCUT2D eigenvalue weighted by Crippen LogP contribution is -2.15. The molecule has 0 amide bonds. The van der Waals surface area contributed by atoms with E-state index in [1.165, 1.54) is 12.1 Å². The Kier molecular flexibility index (Phi) is 4.31. The Hall–Kier alpha value is -2.30. The van der Waals surface area contributed by atoms with Gasteiger partial charge in [0.25, 0.3) is 0 Å². The van der Waals surface area contributed by atoms with Crippen molar-refractivity contribution in [3.63, 3.8) is 0 Å². The van der Waals surface area contributed by atoms with E-state index in [1.54, 1.807) is 19.1 Å². The summed E-state index contributed by atoms with van der Waals surface area (Å²) in [5.41, 5.74) is 3.11. The smallest absolute Gasteiger partial charge is 0.306 e. The highest BCUT2D eigenvalue weighted by Crippen LogP contribution is 2.21. The van der Waals surface area contributed by atoms with Gasteiger partial charge in [-0.05, 0) is 50.1 Å². The van der Waals surface area contributed by atoms with E-state index < -0.39 is 11.9 Å². The van der Waals surface area contributed by atoms with Crippen LogP contribution in [0.3, 0.4) is 0 Å². The summed E-state index contributed by atoms with van der Waals surface area (Å²) in [5, 5.41) is 9.01. The Morgan fingerprint density at radius 1 is 1.19 bits per heavy atom. The van der Waals surface area contributed by atoms with E-state index in [0.717, 1.165) is 22.5 Å². The predicted octanol–water partition coefficient (Wildman–Crippen LogP) is 3.16. The van der Waals surface area contributed by atoms with Crippen molar-refractivity contribution >= 4 is 5.97 Å². The number of hydrogen-bond acceptors (Lipinski definition) is 3. The van der Waals surface area contributed by atoms with Crippen LogP contribution in [-0.4, -0.2) is 21.0 Å². The molecular weight excluding hydrogens is 271 g/mol. The maximum Gasteiger partial charge on any atom is 0.306 e. The molecule has 1 atom stereocenters. The summed E-state index contributed by atoms with van der Waals surface area (Å²) in [6.45, 7) is 5.34. The lowest BCUT2D eigenvalue weighted by molar-refractivity contribution is -0.141. The van der Waals surface area contributed by atoms with Gasteiger partial charge in [0.1, 0.15) is 5.82 Å². The highest BCUT2D eigenvalue weighted by molar-refractivity contribution is 5.70. The molecule has 0 aliphatic rings. The van der Waals surface area contributed by atoms with Crippen LogP contribution in [0.15, 0.2) is 24.3 Å². The zero-order valence-electron chi connectivity index (χ0n) is 12.2. The van der Waals surface area contributed by atoms with Crippen LogP contribution in [0.1, 0.15) is 23.9 Å². The molecule has 0 radical (unpaired) electrons. The van der Waals surface area contributed by atoms with Crippen LogP contribution in [0, 0.1) is 25.6 Å². The van der Waals surface area contributed by atoms with Crippen molar-refractivity contribution in [1.82, 2.24) is 9.97 Å². The number of nitrogens with zero attached hydrogens (tertiary/aromatic N) is 2. The van der Waals surface area contributed by atoms with E-state index in [4.69, 9.17) is 5.11 Å². The largest absolute Gasteiger partial charge is 0.481 e. The molecule has 1 aromatic heterocycles. The van der Waals surface area contributed by atoms with Crippen molar-refractivity contribution in [2.24, 2.45) is 5.92 Å². The minimum Gasteiger partial charge on any atom is -0.481 e. The van der Waals surface area contributed by atoms with Crippen molar-refractivity contribution in [3.8, 4) is 11.4 Å². The van der Waals surface area contributed by atoms with Crippen molar-refractivity contribution < 1.29 is 14.3 Å². The lowest BCUT2D eigenvalue weighted by atomic mass is 9.99. The van der Waals surface area contributed by atoms with Gasteiger partial charge in [-0.15, -0.1) is 0 Å². The topological polar surface area (TPSA) is 63.1 Å². The number of rotatable bonds is 4. The summed E-state index contributed by atoms with van der Waals surface area (Å²) in [7, 11) is 0. The molecule has 0 aliphatic heterocycles. The Labute approximate surface area is 122 Å². The van der Waals surface area contributed by atoms with Crippen molar-refractivity contribution in [2.75, 3.05) is 0 Å². The number of carboxylic acids is 1. The number of benzene rings is 1.